The van der Waals surface area contributed by atoms with Gasteiger partial charge in [0.05, 0.1) is 11.1 Å². The van der Waals surface area contributed by atoms with Crippen molar-refractivity contribution in [2.24, 2.45) is 0 Å². The minimum Gasteiger partial charge on any atom is -0.478 e. The molecule has 0 amide bonds. The highest BCUT2D eigenvalue weighted by Crippen LogP contribution is 2.43. The molecule has 1 aliphatic carbocycles. The molecule has 2 aromatic rings. The average Bonchev–Trinajstić information content (AvgIpc) is 3.32. The number of pyridine rings is 1. The molecule has 5 nitrogen and oxygen atoms in total. The van der Waals surface area contributed by atoms with E-state index in [0.29, 0.717) is 29.8 Å². The average molecular weight is 348 g/mol. The van der Waals surface area contributed by atoms with Crippen LogP contribution in [-0.4, -0.2) is 28.4 Å². The van der Waals surface area contributed by atoms with Crippen molar-refractivity contribution in [1.82, 2.24) is 9.88 Å². The van der Waals surface area contributed by atoms with Crippen LogP contribution in [0.1, 0.15) is 47.2 Å². The number of rotatable bonds is 2. The molecule has 1 saturated carbocycles. The van der Waals surface area contributed by atoms with Crippen molar-refractivity contribution < 1.29 is 14.3 Å². The van der Waals surface area contributed by atoms with Crippen LogP contribution in [0, 0.1) is 0 Å². The normalized spacial score (nSPS) is 21.4. The second-order valence-electron chi connectivity index (χ2n) is 7.10. The number of ether oxygens (including phenoxy) is 2. The third-order valence-corrected chi connectivity index (χ3v) is 5.49. The molecule has 0 N–H and O–H groups in total. The first-order valence-corrected chi connectivity index (χ1v) is 9.16. The smallest absolute Gasteiger partial charge is 0.231 e. The fourth-order valence-corrected chi connectivity index (χ4v) is 4.09. The molecule has 26 heavy (non-hydrogen) atoms. The molecular formula is C21H20N2O3. The molecular weight excluding hydrogens is 328 g/mol. The van der Waals surface area contributed by atoms with Crippen LogP contribution in [0.4, 0.5) is 0 Å². The van der Waals surface area contributed by atoms with Gasteiger partial charge in [-0.25, -0.2) is 0 Å². The quantitative estimate of drug-likeness (QED) is 0.773. The Balaban J connectivity index is 1.48. The predicted octanol–water partition coefficient (Wildman–Crippen LogP) is 3.79. The van der Waals surface area contributed by atoms with Gasteiger partial charge in [-0.2, -0.15) is 0 Å². The summed E-state index contributed by atoms with van der Waals surface area (Å²) in [6, 6.07) is 7.99. The van der Waals surface area contributed by atoms with E-state index in [2.05, 4.69) is 9.88 Å². The van der Waals surface area contributed by atoms with Crippen LogP contribution < -0.4 is 9.47 Å². The maximum atomic E-state index is 12.8. The number of benzene rings is 1. The summed E-state index contributed by atoms with van der Waals surface area (Å²) in [5, 5.41) is 0. The third kappa shape index (κ3) is 2.59. The summed E-state index contributed by atoms with van der Waals surface area (Å²) in [7, 11) is 0. The maximum absolute atomic E-state index is 12.8. The van der Waals surface area contributed by atoms with E-state index in [-0.39, 0.29) is 5.78 Å². The topological polar surface area (TPSA) is 51.7 Å². The van der Waals surface area contributed by atoms with Crippen LogP contribution in [0.3, 0.4) is 0 Å². The lowest BCUT2D eigenvalue weighted by molar-refractivity contribution is 0.0567. The molecule has 0 saturated heterocycles. The Morgan fingerprint density at radius 3 is 2.73 bits per heavy atom. The number of carbonyl (C=O) groups is 1. The molecule has 0 unspecified atom stereocenters. The predicted molar refractivity (Wildman–Crippen MR) is 96.9 cm³/mol. The summed E-state index contributed by atoms with van der Waals surface area (Å²) in [6.07, 6.45) is 10.2. The van der Waals surface area contributed by atoms with Gasteiger partial charge in [-0.05, 0) is 48.7 Å². The van der Waals surface area contributed by atoms with E-state index in [1.54, 1.807) is 18.5 Å². The summed E-state index contributed by atoms with van der Waals surface area (Å²) in [5.74, 6) is 1.78. The summed E-state index contributed by atoms with van der Waals surface area (Å²) < 4.78 is 12.0. The standard InChI is InChI=1S/C21H20N2O3/c24-20-16-5-6-18-17(12-23(13-25-18)15-3-1-2-4-15)21(16)26-19(20)11-14-7-9-22-10-8-14/h5-11,15H,1-4,12-13H2/b19-11-. The SMILES string of the molecule is O=C1/C(=C/c2ccncc2)Oc2c1ccc1c2CN(C2CCCC2)CO1. The Labute approximate surface area is 152 Å². The molecule has 132 valence electrons. The summed E-state index contributed by atoms with van der Waals surface area (Å²) >= 11 is 0. The summed E-state index contributed by atoms with van der Waals surface area (Å²) in [5.41, 5.74) is 2.52. The number of carbonyl (C=O) groups excluding carboxylic acids is 1. The molecule has 2 aliphatic heterocycles. The number of fused-ring (bicyclic) bond motifs is 3. The number of nitrogens with zero attached hydrogens (tertiary/aromatic N) is 2. The molecule has 0 bridgehead atoms. The Morgan fingerprint density at radius 1 is 1.12 bits per heavy atom. The van der Waals surface area contributed by atoms with Crippen molar-refractivity contribution in [3.8, 4) is 11.5 Å². The van der Waals surface area contributed by atoms with E-state index in [1.165, 1.54) is 25.7 Å². The molecule has 0 atom stereocenters. The van der Waals surface area contributed by atoms with Crippen molar-refractivity contribution in [3.63, 3.8) is 0 Å². The first-order chi connectivity index (χ1) is 12.8. The maximum Gasteiger partial charge on any atom is 0.231 e. The van der Waals surface area contributed by atoms with Gasteiger partial charge >= 0.3 is 0 Å². The van der Waals surface area contributed by atoms with Crippen LogP contribution in [0.5, 0.6) is 11.5 Å². The Bertz CT molecular complexity index is 886. The van der Waals surface area contributed by atoms with E-state index < -0.39 is 0 Å². The number of hydrogen-bond acceptors (Lipinski definition) is 5. The molecule has 1 aromatic carbocycles. The highest BCUT2D eigenvalue weighted by molar-refractivity contribution is 6.15. The second-order valence-corrected chi connectivity index (χ2v) is 7.10. The van der Waals surface area contributed by atoms with Crippen molar-refractivity contribution >= 4 is 11.9 Å². The fourth-order valence-electron chi connectivity index (χ4n) is 4.09. The molecule has 1 fully saturated rings. The van der Waals surface area contributed by atoms with Gasteiger partial charge in [0, 0.05) is 25.0 Å². The number of hydrogen-bond donors (Lipinski definition) is 0. The highest BCUT2D eigenvalue weighted by Gasteiger charge is 2.35. The minimum absolute atomic E-state index is 0.0717. The second kappa shape index (κ2) is 6.25. The van der Waals surface area contributed by atoms with Gasteiger partial charge in [-0.15, -0.1) is 0 Å². The van der Waals surface area contributed by atoms with Crippen LogP contribution in [0.15, 0.2) is 42.4 Å². The Hall–Kier alpha value is -2.66. The highest BCUT2D eigenvalue weighted by atomic mass is 16.5. The number of Topliss-reactive ketones (excluding diaryl/α,β-unsaturated/α-hetero) is 1. The number of allylic oxidation sites excluding steroid dienone is 1. The number of aromatic nitrogens is 1. The van der Waals surface area contributed by atoms with Crippen molar-refractivity contribution in [3.05, 3.63) is 59.1 Å². The first kappa shape index (κ1) is 15.6. The van der Waals surface area contributed by atoms with Gasteiger partial charge in [0.1, 0.15) is 18.2 Å². The fraction of sp³-hybridized carbons (Fsp3) is 0.333. The Kier molecular flexibility index (Phi) is 3.75. The van der Waals surface area contributed by atoms with E-state index in [9.17, 15) is 4.79 Å². The van der Waals surface area contributed by atoms with Gasteiger partial charge in [-0.3, -0.25) is 14.7 Å². The van der Waals surface area contributed by atoms with Crippen LogP contribution in [0.25, 0.3) is 6.08 Å². The van der Waals surface area contributed by atoms with Gasteiger partial charge in [-0.1, -0.05) is 12.8 Å². The van der Waals surface area contributed by atoms with Crippen LogP contribution in [-0.2, 0) is 6.54 Å². The Morgan fingerprint density at radius 2 is 1.92 bits per heavy atom. The number of ketones is 1. The first-order valence-electron chi connectivity index (χ1n) is 9.16. The van der Waals surface area contributed by atoms with Crippen molar-refractivity contribution in [2.75, 3.05) is 6.73 Å². The zero-order valence-electron chi connectivity index (χ0n) is 14.5. The minimum atomic E-state index is -0.0717. The van der Waals surface area contributed by atoms with Crippen molar-refractivity contribution in [1.29, 1.82) is 0 Å². The lowest BCUT2D eigenvalue weighted by atomic mass is 10.0. The van der Waals surface area contributed by atoms with Gasteiger partial charge in [0.2, 0.25) is 5.78 Å². The lowest BCUT2D eigenvalue weighted by Gasteiger charge is -2.33. The zero-order chi connectivity index (χ0) is 17.5. The molecule has 3 aliphatic rings. The molecule has 5 heteroatoms. The molecule has 0 radical (unpaired) electrons. The molecule has 3 heterocycles. The molecule has 5 rings (SSSR count). The molecule has 0 spiro atoms. The third-order valence-electron chi connectivity index (χ3n) is 5.49. The van der Waals surface area contributed by atoms with Gasteiger partial charge in [0.25, 0.3) is 0 Å². The van der Waals surface area contributed by atoms with Crippen molar-refractivity contribution in [2.45, 2.75) is 38.3 Å². The van der Waals surface area contributed by atoms with Gasteiger partial charge in [0.15, 0.2) is 5.76 Å². The van der Waals surface area contributed by atoms with Crippen LogP contribution in [0.2, 0.25) is 0 Å². The van der Waals surface area contributed by atoms with E-state index in [1.807, 2.05) is 24.3 Å². The lowest BCUT2D eigenvalue weighted by Crippen LogP contribution is -2.39. The zero-order valence-corrected chi connectivity index (χ0v) is 14.5. The largest absolute Gasteiger partial charge is 0.478 e. The monoisotopic (exact) mass is 348 g/mol. The van der Waals surface area contributed by atoms with Crippen LogP contribution >= 0.6 is 0 Å². The van der Waals surface area contributed by atoms with E-state index in [4.69, 9.17) is 9.47 Å². The molecule has 1 aromatic heterocycles. The van der Waals surface area contributed by atoms with E-state index in [0.717, 1.165) is 23.4 Å². The summed E-state index contributed by atoms with van der Waals surface area (Å²) in [6.45, 7) is 1.39. The summed E-state index contributed by atoms with van der Waals surface area (Å²) in [4.78, 5) is 19.1. The van der Waals surface area contributed by atoms with Gasteiger partial charge < -0.3 is 9.47 Å². The van der Waals surface area contributed by atoms with E-state index >= 15 is 0 Å².